The van der Waals surface area contributed by atoms with Gasteiger partial charge in [-0.1, -0.05) is 13.8 Å². The smallest absolute Gasteiger partial charge is 0.323 e. The third-order valence-corrected chi connectivity index (χ3v) is 3.98. The average molecular weight is 250 g/mol. The highest BCUT2D eigenvalue weighted by molar-refractivity contribution is 5.69. The summed E-state index contributed by atoms with van der Waals surface area (Å²) in [6.45, 7) is 6.57. The molecule has 0 fully saturated rings. The minimum Gasteiger partial charge on any atom is -0.480 e. The first-order valence-corrected chi connectivity index (χ1v) is 6.46. The van der Waals surface area contributed by atoms with Crippen LogP contribution in [-0.2, 0) is 24.2 Å². The molecule has 0 aromatic carbocycles. The van der Waals surface area contributed by atoms with Crippen LogP contribution in [0.25, 0.3) is 0 Å². The summed E-state index contributed by atoms with van der Waals surface area (Å²) in [5.74, 6) is -0.776. The molecule has 2 N–H and O–H groups in total. The van der Waals surface area contributed by atoms with Crippen molar-refractivity contribution in [2.75, 3.05) is 12.4 Å². The van der Waals surface area contributed by atoms with Crippen molar-refractivity contribution >= 4 is 11.7 Å². The summed E-state index contributed by atoms with van der Waals surface area (Å²) in [5.41, 5.74) is 4.95. The number of nitrogens with one attached hydrogen (secondary N) is 1. The molecule has 1 aromatic heterocycles. The zero-order chi connectivity index (χ0) is 13.5. The van der Waals surface area contributed by atoms with E-state index in [1.165, 1.54) is 11.3 Å². The van der Waals surface area contributed by atoms with E-state index >= 15 is 0 Å². The molecule has 1 aromatic rings. The van der Waals surface area contributed by atoms with Crippen molar-refractivity contribution in [1.29, 1.82) is 0 Å². The lowest BCUT2D eigenvalue weighted by Gasteiger charge is -2.30. The lowest BCUT2D eigenvalue weighted by molar-refractivity contribution is -0.137. The van der Waals surface area contributed by atoms with Gasteiger partial charge in [-0.25, -0.2) is 0 Å². The predicted molar refractivity (Wildman–Crippen MR) is 72.2 cm³/mol. The summed E-state index contributed by atoms with van der Waals surface area (Å²) < 4.78 is 1.96. The first-order chi connectivity index (χ1) is 8.35. The fourth-order valence-corrected chi connectivity index (χ4v) is 3.02. The highest BCUT2D eigenvalue weighted by Gasteiger charge is 2.31. The molecule has 0 saturated carbocycles. The average Bonchev–Trinajstić information content (AvgIpc) is 2.50. The van der Waals surface area contributed by atoms with Crippen LogP contribution in [0.4, 0.5) is 5.69 Å². The van der Waals surface area contributed by atoms with Gasteiger partial charge in [-0.2, -0.15) is 0 Å². The molecule has 18 heavy (non-hydrogen) atoms. The van der Waals surface area contributed by atoms with Gasteiger partial charge in [-0.3, -0.25) is 4.79 Å². The maximum atomic E-state index is 11.0. The minimum atomic E-state index is -0.776. The van der Waals surface area contributed by atoms with E-state index in [0.29, 0.717) is 0 Å². The van der Waals surface area contributed by atoms with Gasteiger partial charge < -0.3 is 15.0 Å². The van der Waals surface area contributed by atoms with E-state index in [1.807, 2.05) is 18.5 Å². The van der Waals surface area contributed by atoms with Crippen LogP contribution in [0.1, 0.15) is 37.2 Å². The zero-order valence-electron chi connectivity index (χ0n) is 11.6. The summed E-state index contributed by atoms with van der Waals surface area (Å²) >= 11 is 0. The van der Waals surface area contributed by atoms with Crippen LogP contribution in [-0.4, -0.2) is 22.7 Å². The maximum Gasteiger partial charge on any atom is 0.323 e. The molecule has 1 aliphatic rings. The zero-order valence-corrected chi connectivity index (χ0v) is 11.6. The Hall–Kier alpha value is -1.45. The van der Waals surface area contributed by atoms with Gasteiger partial charge in [-0.15, -0.1) is 0 Å². The Kier molecular flexibility index (Phi) is 3.13. The Bertz CT molecular complexity index is 486. The largest absolute Gasteiger partial charge is 0.480 e. The van der Waals surface area contributed by atoms with Crippen LogP contribution in [0.5, 0.6) is 0 Å². The lowest BCUT2D eigenvalue weighted by Crippen LogP contribution is -2.25. The second-order valence-corrected chi connectivity index (χ2v) is 5.96. The van der Waals surface area contributed by atoms with E-state index in [-0.39, 0.29) is 12.0 Å². The van der Waals surface area contributed by atoms with E-state index in [4.69, 9.17) is 5.11 Å². The van der Waals surface area contributed by atoms with Crippen molar-refractivity contribution in [2.24, 2.45) is 5.41 Å². The Balaban J connectivity index is 2.53. The molecule has 0 unspecified atom stereocenters. The third kappa shape index (κ3) is 2.11. The van der Waals surface area contributed by atoms with Crippen molar-refractivity contribution in [2.45, 2.75) is 46.6 Å². The number of aliphatic carboxylic acids is 1. The summed E-state index contributed by atoms with van der Waals surface area (Å²) in [7, 11) is 1.91. The number of hydrogen-bond acceptors (Lipinski definition) is 2. The first-order valence-electron chi connectivity index (χ1n) is 6.46. The number of rotatable bonds is 3. The number of fused-ring (bicyclic) bond motifs is 1. The van der Waals surface area contributed by atoms with Gasteiger partial charge in [0.25, 0.3) is 0 Å². The van der Waals surface area contributed by atoms with Crippen molar-refractivity contribution in [3.05, 3.63) is 17.0 Å². The molecule has 4 nitrogen and oxygen atoms in total. The quantitative estimate of drug-likeness (QED) is 0.866. The highest BCUT2D eigenvalue weighted by atomic mass is 16.4. The van der Waals surface area contributed by atoms with Gasteiger partial charge in [0.05, 0.1) is 5.69 Å². The summed E-state index contributed by atoms with van der Waals surface area (Å²) in [6.07, 6.45) is 3.15. The van der Waals surface area contributed by atoms with Crippen LogP contribution in [0.2, 0.25) is 0 Å². The number of anilines is 1. The minimum absolute atomic E-state index is 0.0614. The molecule has 100 valence electrons. The van der Waals surface area contributed by atoms with Gasteiger partial charge in [0.2, 0.25) is 0 Å². The van der Waals surface area contributed by atoms with Crippen LogP contribution >= 0.6 is 0 Å². The van der Waals surface area contributed by atoms with Crippen molar-refractivity contribution in [3.8, 4) is 0 Å². The second kappa shape index (κ2) is 4.34. The molecule has 4 heteroatoms. The number of nitrogens with zero attached hydrogens (tertiary/aromatic N) is 1. The Labute approximate surface area is 108 Å². The number of hydrogen-bond donors (Lipinski definition) is 2. The molecule has 1 heterocycles. The fourth-order valence-electron chi connectivity index (χ4n) is 3.02. The van der Waals surface area contributed by atoms with E-state index in [2.05, 4.69) is 19.2 Å². The topological polar surface area (TPSA) is 54.3 Å². The Morgan fingerprint density at radius 2 is 2.17 bits per heavy atom. The van der Waals surface area contributed by atoms with Crippen molar-refractivity contribution in [1.82, 2.24) is 4.57 Å². The molecular formula is C14H22N2O2. The van der Waals surface area contributed by atoms with Crippen molar-refractivity contribution in [3.63, 3.8) is 0 Å². The molecular weight excluding hydrogens is 228 g/mol. The summed E-state index contributed by atoms with van der Waals surface area (Å²) in [5, 5.41) is 12.3. The molecule has 0 aliphatic heterocycles. The lowest BCUT2D eigenvalue weighted by atomic mass is 9.76. The number of carbonyl (C=O) groups is 1. The van der Waals surface area contributed by atoms with Crippen LogP contribution in [0.15, 0.2) is 0 Å². The molecule has 0 spiro atoms. The first kappa shape index (κ1) is 13.0. The monoisotopic (exact) mass is 250 g/mol. The second-order valence-electron chi connectivity index (χ2n) is 5.96. The Morgan fingerprint density at radius 1 is 1.50 bits per heavy atom. The van der Waals surface area contributed by atoms with Crippen LogP contribution < -0.4 is 5.32 Å². The van der Waals surface area contributed by atoms with Gasteiger partial charge >= 0.3 is 5.97 Å². The summed E-state index contributed by atoms with van der Waals surface area (Å²) in [4.78, 5) is 11.0. The molecule has 0 saturated heterocycles. The number of aromatic nitrogens is 1. The third-order valence-electron chi connectivity index (χ3n) is 3.98. The predicted octanol–water partition coefficient (Wildman–Crippen LogP) is 2.44. The Morgan fingerprint density at radius 3 is 2.72 bits per heavy atom. The summed E-state index contributed by atoms with van der Waals surface area (Å²) in [6, 6.07) is 0. The molecule has 0 atom stereocenters. The number of carboxylic acid groups (broad SMARTS) is 1. The standard InChI is InChI=1S/C14H22N2O2/c1-9-13(15-4)10-5-6-14(2,3)7-11(10)16(9)8-12(17)18/h15H,5-8H2,1-4H3,(H,17,18). The van der Waals surface area contributed by atoms with Gasteiger partial charge in [-0.05, 0) is 37.2 Å². The van der Waals surface area contributed by atoms with E-state index in [9.17, 15) is 4.79 Å². The highest BCUT2D eigenvalue weighted by Crippen LogP contribution is 2.40. The van der Waals surface area contributed by atoms with E-state index in [0.717, 1.165) is 30.6 Å². The fraction of sp³-hybridized carbons (Fsp3) is 0.643. The van der Waals surface area contributed by atoms with Crippen LogP contribution in [0.3, 0.4) is 0 Å². The molecule has 0 amide bonds. The SMILES string of the molecule is CNc1c2c(n(CC(=O)O)c1C)CC(C)(C)CC2. The number of carboxylic acids is 1. The van der Waals surface area contributed by atoms with Crippen molar-refractivity contribution < 1.29 is 9.90 Å². The maximum absolute atomic E-state index is 11.0. The van der Waals surface area contributed by atoms with E-state index < -0.39 is 5.97 Å². The molecule has 0 radical (unpaired) electrons. The van der Waals surface area contributed by atoms with E-state index in [1.54, 1.807) is 0 Å². The molecule has 0 bridgehead atoms. The van der Waals surface area contributed by atoms with Gasteiger partial charge in [0.1, 0.15) is 6.54 Å². The molecule has 2 rings (SSSR count). The van der Waals surface area contributed by atoms with Crippen LogP contribution in [0, 0.1) is 12.3 Å². The molecule has 1 aliphatic carbocycles. The normalized spacial score (nSPS) is 17.3. The van der Waals surface area contributed by atoms with Gasteiger partial charge in [0, 0.05) is 18.4 Å². The van der Waals surface area contributed by atoms with Gasteiger partial charge in [0.15, 0.2) is 0 Å².